The van der Waals surface area contributed by atoms with Crippen LogP contribution in [-0.2, 0) is 14.3 Å². The number of carbonyl (C=O) groups is 3. The summed E-state index contributed by atoms with van der Waals surface area (Å²) < 4.78 is 5.70. The van der Waals surface area contributed by atoms with Gasteiger partial charge in [0.15, 0.2) is 0 Å². The van der Waals surface area contributed by atoms with E-state index in [1.807, 2.05) is 73.8 Å². The van der Waals surface area contributed by atoms with Crippen molar-refractivity contribution in [1.82, 2.24) is 16.0 Å². The van der Waals surface area contributed by atoms with E-state index in [1.165, 1.54) is 0 Å². The third kappa shape index (κ3) is 11.0. The molecule has 0 saturated carbocycles. The highest BCUT2D eigenvalue weighted by molar-refractivity contribution is 5.86. The van der Waals surface area contributed by atoms with Gasteiger partial charge in [0.2, 0.25) is 5.91 Å². The predicted octanol–water partition coefficient (Wildman–Crippen LogP) is 6.76. The number of aldehydes is 1. The fourth-order valence-electron chi connectivity index (χ4n) is 5.65. The van der Waals surface area contributed by atoms with E-state index >= 15 is 0 Å². The number of fused-ring (bicyclic) bond motifs is 3. The van der Waals surface area contributed by atoms with Crippen LogP contribution in [0.1, 0.15) is 61.6 Å². The normalized spacial score (nSPS) is 14.1. The molecule has 1 aliphatic carbocycles. The number of ether oxygens (including phenoxy) is 1. The lowest BCUT2D eigenvalue weighted by Crippen LogP contribution is -2.47. The quantitative estimate of drug-likeness (QED) is 0.0398. The molecule has 5 N–H and O–H groups in total. The van der Waals surface area contributed by atoms with Gasteiger partial charge < -0.3 is 26.4 Å². The monoisotopic (exact) mass is 646 g/mol. The van der Waals surface area contributed by atoms with Crippen molar-refractivity contribution in [2.45, 2.75) is 57.2 Å². The van der Waals surface area contributed by atoms with Crippen LogP contribution < -0.4 is 21.7 Å². The van der Waals surface area contributed by atoms with E-state index in [-0.39, 0.29) is 31.0 Å². The lowest BCUT2D eigenvalue weighted by Gasteiger charge is -2.19. The minimum absolute atomic E-state index is 0.0861. The summed E-state index contributed by atoms with van der Waals surface area (Å²) in [5.41, 5.74) is 12.3. The number of benzene rings is 3. The topological polar surface area (TPSA) is 123 Å². The molecule has 0 radical (unpaired) electrons. The molecule has 1 unspecified atom stereocenters. The Balaban J connectivity index is 1.26. The van der Waals surface area contributed by atoms with Crippen LogP contribution in [0.2, 0.25) is 0 Å². The van der Waals surface area contributed by atoms with Crippen LogP contribution in [0.3, 0.4) is 0 Å². The molecule has 2 atom stereocenters. The number of nitrogens with two attached hydrogens (primary N) is 1. The Morgan fingerprint density at radius 2 is 1.60 bits per heavy atom. The van der Waals surface area contributed by atoms with E-state index in [0.29, 0.717) is 12.1 Å². The van der Waals surface area contributed by atoms with E-state index in [1.54, 1.807) is 30.4 Å². The van der Waals surface area contributed by atoms with Gasteiger partial charge in [-0.15, -0.1) is 0 Å². The largest absolute Gasteiger partial charge is 0.449 e. The Morgan fingerprint density at radius 3 is 2.29 bits per heavy atom. The van der Waals surface area contributed by atoms with Gasteiger partial charge in [-0.05, 0) is 66.3 Å². The van der Waals surface area contributed by atoms with Gasteiger partial charge in [0, 0.05) is 18.0 Å². The number of amides is 2. The van der Waals surface area contributed by atoms with E-state index < -0.39 is 12.1 Å². The number of nitrogens with one attached hydrogen (secondary N) is 3. The van der Waals surface area contributed by atoms with E-state index in [9.17, 15) is 14.4 Å². The van der Waals surface area contributed by atoms with Gasteiger partial charge in [-0.25, -0.2) is 4.79 Å². The van der Waals surface area contributed by atoms with Crippen LogP contribution >= 0.6 is 0 Å². The Morgan fingerprint density at radius 1 is 0.917 bits per heavy atom. The summed E-state index contributed by atoms with van der Waals surface area (Å²) in [6, 6.07) is 25.4. The van der Waals surface area contributed by atoms with Crippen molar-refractivity contribution in [2.24, 2.45) is 5.73 Å². The summed E-state index contributed by atoms with van der Waals surface area (Å²) in [6.45, 7) is 2.45. The van der Waals surface area contributed by atoms with Crippen molar-refractivity contribution in [3.8, 4) is 11.1 Å². The zero-order chi connectivity index (χ0) is 34.0. The average Bonchev–Trinajstić information content (AvgIpc) is 3.43. The number of carbonyl (C=O) groups excluding carboxylic acids is 3. The zero-order valence-corrected chi connectivity index (χ0v) is 27.5. The van der Waals surface area contributed by atoms with Crippen molar-refractivity contribution in [2.75, 3.05) is 13.2 Å². The van der Waals surface area contributed by atoms with Crippen LogP contribution in [0.25, 0.3) is 17.2 Å². The number of hydrogen-bond acceptors (Lipinski definition) is 6. The number of alkyl carbamates (subject to hydrolysis) is 1. The van der Waals surface area contributed by atoms with Crippen molar-refractivity contribution < 1.29 is 19.1 Å². The molecule has 8 nitrogen and oxygen atoms in total. The highest BCUT2D eigenvalue weighted by Crippen LogP contribution is 2.44. The first-order chi connectivity index (χ1) is 23.5. The molecule has 3 aromatic rings. The molecule has 0 spiro atoms. The highest BCUT2D eigenvalue weighted by atomic mass is 16.5. The molecule has 8 heteroatoms. The van der Waals surface area contributed by atoms with E-state index in [0.717, 1.165) is 59.8 Å². The minimum Gasteiger partial charge on any atom is -0.449 e. The standard InChI is InChI=1S/C40H46N4O4/c1-2-15-31(28-45)18-8-13-23-37(39(46)43-26-14-4-7-24-38(41)42-27-25-30-16-5-3-6-17-30)44-40(47)48-29-36-34-21-11-9-19-32(34)33-20-10-12-22-35(33)36/h2-3,5-6,8-13,15-22,25,27-28,36-38,42H,4,7,14,23-24,26,29,41H2,1H3,(H,43,46)(H,44,47)/b13-8+,15-2-,27-25+,31-18+/t37-,38?/m0/s1. The lowest BCUT2D eigenvalue weighted by molar-refractivity contribution is -0.123. The van der Waals surface area contributed by atoms with Crippen LogP contribution in [0.5, 0.6) is 0 Å². The highest BCUT2D eigenvalue weighted by Gasteiger charge is 2.29. The third-order valence-corrected chi connectivity index (χ3v) is 8.12. The van der Waals surface area contributed by atoms with Crippen LogP contribution in [0.4, 0.5) is 4.79 Å². The zero-order valence-electron chi connectivity index (χ0n) is 27.5. The lowest BCUT2D eigenvalue weighted by atomic mass is 9.98. The summed E-state index contributed by atoms with van der Waals surface area (Å²) in [4.78, 5) is 37.4. The molecule has 1 aliphatic rings. The molecule has 4 rings (SSSR count). The Kier molecular flexibility index (Phi) is 14.4. The molecule has 48 heavy (non-hydrogen) atoms. The van der Waals surface area contributed by atoms with Crippen LogP contribution in [0, 0.1) is 0 Å². The maximum atomic E-state index is 13.2. The number of unbranched alkanes of at least 4 members (excludes halogenated alkanes) is 2. The van der Waals surface area contributed by atoms with Gasteiger partial charge in [0.25, 0.3) is 0 Å². The smallest absolute Gasteiger partial charge is 0.407 e. The van der Waals surface area contributed by atoms with Crippen LogP contribution in [0.15, 0.2) is 121 Å². The summed E-state index contributed by atoms with van der Waals surface area (Å²) in [5.74, 6) is -0.386. The van der Waals surface area contributed by atoms with Crippen LogP contribution in [-0.4, -0.2) is 43.6 Å². The second-order valence-corrected chi connectivity index (χ2v) is 11.6. The molecule has 0 aromatic heterocycles. The second kappa shape index (κ2) is 19.5. The Bertz CT molecular complexity index is 1570. The van der Waals surface area contributed by atoms with Crippen molar-refractivity contribution in [3.63, 3.8) is 0 Å². The summed E-state index contributed by atoms with van der Waals surface area (Å²) >= 11 is 0. The first kappa shape index (κ1) is 35.6. The summed E-state index contributed by atoms with van der Waals surface area (Å²) in [6.07, 6.45) is 16.0. The maximum absolute atomic E-state index is 13.2. The Labute approximate surface area is 283 Å². The first-order valence-electron chi connectivity index (χ1n) is 16.6. The molecule has 3 aromatic carbocycles. The number of rotatable bonds is 18. The molecular formula is C40H46N4O4. The Hall–Kier alpha value is -5.21. The first-order valence-corrected chi connectivity index (χ1v) is 16.6. The van der Waals surface area contributed by atoms with Crippen molar-refractivity contribution in [1.29, 1.82) is 0 Å². The summed E-state index contributed by atoms with van der Waals surface area (Å²) in [5, 5.41) is 8.90. The molecule has 0 aliphatic heterocycles. The fraction of sp³-hybridized carbons (Fsp3) is 0.275. The maximum Gasteiger partial charge on any atom is 0.407 e. The minimum atomic E-state index is -0.847. The van der Waals surface area contributed by atoms with Gasteiger partial charge in [0.1, 0.15) is 18.9 Å². The molecule has 0 fully saturated rings. The molecule has 250 valence electrons. The fourth-order valence-corrected chi connectivity index (χ4v) is 5.65. The van der Waals surface area contributed by atoms with E-state index in [4.69, 9.17) is 10.5 Å². The predicted molar refractivity (Wildman–Crippen MR) is 193 cm³/mol. The van der Waals surface area contributed by atoms with Gasteiger partial charge in [-0.3, -0.25) is 9.59 Å². The van der Waals surface area contributed by atoms with E-state index in [2.05, 4.69) is 40.2 Å². The van der Waals surface area contributed by atoms with Gasteiger partial charge in [-0.2, -0.15) is 0 Å². The van der Waals surface area contributed by atoms with Crippen molar-refractivity contribution in [3.05, 3.63) is 138 Å². The average molecular weight is 647 g/mol. The molecule has 2 amide bonds. The molecule has 0 saturated heterocycles. The number of allylic oxidation sites excluding steroid dienone is 5. The SMILES string of the molecule is C\C=C/C(C=O)=C\C=C\C[C@H](NC(=O)OCC1c2ccccc2-c2ccccc21)C(=O)NCCCCCC(N)N/C=C/c1ccccc1. The third-order valence-electron chi connectivity index (χ3n) is 8.12. The number of hydrogen-bond donors (Lipinski definition) is 4. The van der Waals surface area contributed by atoms with Crippen molar-refractivity contribution >= 4 is 24.4 Å². The second-order valence-electron chi connectivity index (χ2n) is 11.6. The molecule has 0 bridgehead atoms. The van der Waals surface area contributed by atoms with Gasteiger partial charge in [0.05, 0.1) is 6.17 Å². The summed E-state index contributed by atoms with van der Waals surface area (Å²) in [7, 11) is 0. The van der Waals surface area contributed by atoms with Gasteiger partial charge >= 0.3 is 6.09 Å². The van der Waals surface area contributed by atoms with Gasteiger partial charge in [-0.1, -0.05) is 122 Å². The molecule has 0 heterocycles. The molecular weight excluding hydrogens is 600 g/mol.